The van der Waals surface area contributed by atoms with Gasteiger partial charge in [-0.25, -0.2) is 12.8 Å². The molecular weight excluding hydrogens is 395 g/mol. The van der Waals surface area contributed by atoms with Crippen molar-refractivity contribution in [2.75, 3.05) is 10.0 Å². The quantitative estimate of drug-likeness (QED) is 0.611. The van der Waals surface area contributed by atoms with Crippen LogP contribution in [-0.2, 0) is 14.8 Å². The molecule has 0 heterocycles. The highest BCUT2D eigenvalue weighted by atomic mass is 32.2. The van der Waals surface area contributed by atoms with Gasteiger partial charge in [0.25, 0.3) is 15.9 Å². The van der Waals surface area contributed by atoms with E-state index in [1.165, 1.54) is 48.5 Å². The fraction of sp³-hybridized carbons (Fsp3) is 0.0952. The Balaban J connectivity index is 1.62. The summed E-state index contributed by atoms with van der Waals surface area (Å²) >= 11 is 0. The van der Waals surface area contributed by atoms with Gasteiger partial charge in [0, 0.05) is 11.4 Å². The number of hydrogen-bond donors (Lipinski definition) is 2. The maximum Gasteiger partial charge on any atom is 0.265 e. The summed E-state index contributed by atoms with van der Waals surface area (Å²) in [7, 11) is -3.74. The summed E-state index contributed by atoms with van der Waals surface area (Å²) in [6.45, 7) is 1.56. The largest absolute Gasteiger partial charge is 0.481 e. The molecule has 0 spiro atoms. The third-order valence-corrected chi connectivity index (χ3v) is 5.35. The molecule has 0 saturated heterocycles. The van der Waals surface area contributed by atoms with Gasteiger partial charge in [-0.1, -0.05) is 18.2 Å². The molecule has 0 aliphatic rings. The Labute approximate surface area is 168 Å². The van der Waals surface area contributed by atoms with Crippen molar-refractivity contribution in [1.29, 1.82) is 0 Å². The van der Waals surface area contributed by atoms with Gasteiger partial charge in [0.2, 0.25) is 0 Å². The molecule has 8 heteroatoms. The van der Waals surface area contributed by atoms with Crippen LogP contribution in [0, 0.1) is 5.82 Å². The van der Waals surface area contributed by atoms with Crippen molar-refractivity contribution in [1.82, 2.24) is 0 Å². The Hall–Kier alpha value is -3.39. The first-order chi connectivity index (χ1) is 13.8. The number of benzene rings is 3. The number of amides is 1. The molecule has 0 bridgehead atoms. The monoisotopic (exact) mass is 414 g/mol. The van der Waals surface area contributed by atoms with Gasteiger partial charge in [0.15, 0.2) is 6.10 Å². The molecule has 0 saturated carbocycles. The second kappa shape index (κ2) is 8.74. The third-order valence-electron chi connectivity index (χ3n) is 3.95. The van der Waals surface area contributed by atoms with E-state index in [1.807, 2.05) is 0 Å². The standard InChI is InChI=1S/C21H19FN2O4S/c1-15(28-19-11-7-16(22)8-12-19)21(25)23-17-9-13-20(14-10-17)29(26,27)24-18-5-3-2-4-6-18/h2-15,24H,1H3,(H,23,25)/t15-/m1/s1. The van der Waals surface area contributed by atoms with Crippen molar-refractivity contribution in [2.24, 2.45) is 0 Å². The average molecular weight is 414 g/mol. The van der Waals surface area contributed by atoms with Crippen LogP contribution < -0.4 is 14.8 Å². The first kappa shape index (κ1) is 20.3. The van der Waals surface area contributed by atoms with Crippen molar-refractivity contribution in [2.45, 2.75) is 17.9 Å². The van der Waals surface area contributed by atoms with Crippen LogP contribution in [0.3, 0.4) is 0 Å². The van der Waals surface area contributed by atoms with Gasteiger partial charge in [-0.05, 0) is 67.6 Å². The van der Waals surface area contributed by atoms with Crippen LogP contribution in [0.4, 0.5) is 15.8 Å². The van der Waals surface area contributed by atoms with E-state index in [4.69, 9.17) is 4.74 Å². The second-order valence-electron chi connectivity index (χ2n) is 6.20. The summed E-state index contributed by atoms with van der Waals surface area (Å²) in [4.78, 5) is 12.3. The first-order valence-corrected chi connectivity index (χ1v) is 10.2. The fourth-order valence-electron chi connectivity index (χ4n) is 2.45. The lowest BCUT2D eigenvalue weighted by molar-refractivity contribution is -0.122. The molecule has 3 aromatic carbocycles. The Morgan fingerprint density at radius 1 is 0.897 bits per heavy atom. The third kappa shape index (κ3) is 5.55. The van der Waals surface area contributed by atoms with Crippen LogP contribution in [0.15, 0.2) is 83.8 Å². The average Bonchev–Trinajstić information content (AvgIpc) is 2.70. The fourth-order valence-corrected chi connectivity index (χ4v) is 3.51. The highest BCUT2D eigenvalue weighted by Gasteiger charge is 2.17. The topological polar surface area (TPSA) is 84.5 Å². The Morgan fingerprint density at radius 2 is 1.52 bits per heavy atom. The number of halogens is 1. The molecule has 0 unspecified atom stereocenters. The van der Waals surface area contributed by atoms with Crippen LogP contribution >= 0.6 is 0 Å². The minimum absolute atomic E-state index is 0.0648. The van der Waals surface area contributed by atoms with Crippen molar-refractivity contribution in [3.8, 4) is 5.75 Å². The second-order valence-corrected chi connectivity index (χ2v) is 7.88. The Kier molecular flexibility index (Phi) is 6.13. The number of rotatable bonds is 7. The van der Waals surface area contributed by atoms with E-state index in [0.717, 1.165) is 0 Å². The van der Waals surface area contributed by atoms with Crippen molar-refractivity contribution in [3.05, 3.63) is 84.7 Å². The minimum Gasteiger partial charge on any atom is -0.481 e. The van der Waals surface area contributed by atoms with E-state index < -0.39 is 27.9 Å². The van der Waals surface area contributed by atoms with Crippen molar-refractivity contribution < 1.29 is 22.3 Å². The van der Waals surface area contributed by atoms with Gasteiger partial charge >= 0.3 is 0 Å². The van der Waals surface area contributed by atoms with Gasteiger partial charge in [-0.2, -0.15) is 0 Å². The number of ether oxygens (including phenoxy) is 1. The zero-order chi connectivity index (χ0) is 20.9. The highest BCUT2D eigenvalue weighted by Crippen LogP contribution is 2.19. The summed E-state index contributed by atoms with van der Waals surface area (Å²) in [5.41, 5.74) is 0.875. The molecule has 3 rings (SSSR count). The van der Waals surface area contributed by atoms with Gasteiger partial charge in [0.1, 0.15) is 11.6 Å². The molecule has 29 heavy (non-hydrogen) atoms. The maximum atomic E-state index is 12.9. The summed E-state index contributed by atoms with van der Waals surface area (Å²) in [5.74, 6) is -0.457. The molecule has 6 nitrogen and oxygen atoms in total. The summed E-state index contributed by atoms with van der Waals surface area (Å²) < 4.78 is 45.7. The molecule has 0 aliphatic carbocycles. The van der Waals surface area contributed by atoms with Gasteiger partial charge in [-0.15, -0.1) is 0 Å². The number of carbonyl (C=O) groups is 1. The molecule has 0 radical (unpaired) electrons. The molecule has 0 aliphatic heterocycles. The summed E-state index contributed by atoms with van der Waals surface area (Å²) in [5, 5.41) is 2.65. The van der Waals surface area contributed by atoms with E-state index in [2.05, 4.69) is 10.0 Å². The number of nitrogens with one attached hydrogen (secondary N) is 2. The predicted octanol–water partition coefficient (Wildman–Crippen LogP) is 4.03. The van der Waals surface area contributed by atoms with E-state index in [1.54, 1.807) is 37.3 Å². The number of sulfonamides is 1. The Morgan fingerprint density at radius 3 is 2.14 bits per heavy atom. The van der Waals surface area contributed by atoms with E-state index in [9.17, 15) is 17.6 Å². The molecule has 1 atom stereocenters. The van der Waals surface area contributed by atoms with Crippen LogP contribution in [-0.4, -0.2) is 20.4 Å². The van der Waals surface area contributed by atoms with Crippen LogP contribution in [0.25, 0.3) is 0 Å². The smallest absolute Gasteiger partial charge is 0.265 e. The van der Waals surface area contributed by atoms with Gasteiger partial charge in [0.05, 0.1) is 4.90 Å². The lowest BCUT2D eigenvalue weighted by Crippen LogP contribution is -2.30. The first-order valence-electron chi connectivity index (χ1n) is 8.74. The summed E-state index contributed by atoms with van der Waals surface area (Å²) in [6.07, 6.45) is -0.830. The zero-order valence-electron chi connectivity index (χ0n) is 15.5. The molecule has 0 aromatic heterocycles. The van der Waals surface area contributed by atoms with E-state index >= 15 is 0 Å². The summed E-state index contributed by atoms with van der Waals surface area (Å²) in [6, 6.07) is 19.6. The highest BCUT2D eigenvalue weighted by molar-refractivity contribution is 7.92. The number of hydrogen-bond acceptors (Lipinski definition) is 4. The van der Waals surface area contributed by atoms with Gasteiger partial charge in [-0.3, -0.25) is 9.52 Å². The Bertz CT molecular complexity index is 1070. The molecule has 3 aromatic rings. The molecular formula is C21H19FN2O4S. The molecule has 1 amide bonds. The van der Waals surface area contributed by atoms with Crippen molar-refractivity contribution >= 4 is 27.3 Å². The zero-order valence-corrected chi connectivity index (χ0v) is 16.3. The minimum atomic E-state index is -3.74. The molecule has 150 valence electrons. The lowest BCUT2D eigenvalue weighted by atomic mass is 10.3. The SMILES string of the molecule is C[C@@H](Oc1ccc(F)cc1)C(=O)Nc1ccc(S(=O)(=O)Nc2ccccc2)cc1. The number of para-hydroxylation sites is 1. The lowest BCUT2D eigenvalue weighted by Gasteiger charge is -2.15. The molecule has 0 fully saturated rings. The molecule has 2 N–H and O–H groups in total. The number of carbonyl (C=O) groups excluding carboxylic acids is 1. The predicted molar refractivity (Wildman–Crippen MR) is 109 cm³/mol. The van der Waals surface area contributed by atoms with E-state index in [-0.39, 0.29) is 4.90 Å². The van der Waals surface area contributed by atoms with Crippen LogP contribution in [0.2, 0.25) is 0 Å². The van der Waals surface area contributed by atoms with Crippen LogP contribution in [0.1, 0.15) is 6.92 Å². The van der Waals surface area contributed by atoms with Gasteiger partial charge < -0.3 is 10.1 Å². The maximum absolute atomic E-state index is 12.9. The normalized spacial score (nSPS) is 12.1. The van der Waals surface area contributed by atoms with Crippen LogP contribution in [0.5, 0.6) is 5.75 Å². The van der Waals surface area contributed by atoms with Crippen molar-refractivity contribution in [3.63, 3.8) is 0 Å². The van der Waals surface area contributed by atoms with E-state index in [0.29, 0.717) is 17.1 Å². The number of anilines is 2.